The van der Waals surface area contributed by atoms with Gasteiger partial charge in [0.25, 0.3) is 0 Å². The van der Waals surface area contributed by atoms with E-state index in [0.29, 0.717) is 5.69 Å². The molecule has 0 aliphatic heterocycles. The Labute approximate surface area is 272 Å². The van der Waals surface area contributed by atoms with Crippen molar-refractivity contribution in [2.45, 2.75) is 97.1 Å². The molecular formula is C29H48N8O10. The van der Waals surface area contributed by atoms with E-state index in [1.165, 1.54) is 12.5 Å². The average molecular weight is 669 g/mol. The molecule has 6 atom stereocenters. The van der Waals surface area contributed by atoms with Crippen LogP contribution in [0.25, 0.3) is 0 Å². The predicted molar refractivity (Wildman–Crippen MR) is 166 cm³/mol. The number of hydrogen-bond acceptors (Lipinski definition) is 10. The second-order valence-electron chi connectivity index (χ2n) is 12.1. The highest BCUT2D eigenvalue weighted by atomic mass is 16.4. The summed E-state index contributed by atoms with van der Waals surface area (Å²) in [6.07, 6.45) is 1.90. The number of carboxylic acid groups (broad SMARTS) is 2. The van der Waals surface area contributed by atoms with Crippen molar-refractivity contribution in [3.05, 3.63) is 18.2 Å². The Kier molecular flexibility index (Phi) is 16.5. The summed E-state index contributed by atoms with van der Waals surface area (Å²) in [4.78, 5) is 95.2. The number of H-pyrrole nitrogens is 1. The van der Waals surface area contributed by atoms with Gasteiger partial charge < -0.3 is 52.6 Å². The van der Waals surface area contributed by atoms with E-state index in [1.807, 2.05) is 0 Å². The van der Waals surface area contributed by atoms with E-state index in [9.17, 15) is 43.8 Å². The lowest BCUT2D eigenvalue weighted by Crippen LogP contribution is -2.61. The van der Waals surface area contributed by atoms with Crippen molar-refractivity contribution in [3.8, 4) is 0 Å². The van der Waals surface area contributed by atoms with Gasteiger partial charge in [0.1, 0.15) is 30.2 Å². The number of amides is 5. The number of imidazole rings is 1. The quantitative estimate of drug-likeness (QED) is 0.0696. The fourth-order valence-corrected chi connectivity index (χ4v) is 4.22. The monoisotopic (exact) mass is 668 g/mol. The van der Waals surface area contributed by atoms with Gasteiger partial charge in [-0.15, -0.1) is 0 Å². The Morgan fingerprint density at radius 3 is 1.62 bits per heavy atom. The molecule has 18 heteroatoms. The van der Waals surface area contributed by atoms with Gasteiger partial charge in [0.15, 0.2) is 0 Å². The average Bonchev–Trinajstić information content (AvgIpc) is 3.50. The fourth-order valence-electron chi connectivity index (χ4n) is 4.22. The number of rotatable bonds is 20. The first-order valence-electron chi connectivity index (χ1n) is 15.2. The molecule has 11 N–H and O–H groups in total. The molecule has 5 amide bonds. The number of hydrogen-bond donors (Lipinski definition) is 10. The highest BCUT2D eigenvalue weighted by molar-refractivity contribution is 5.96. The van der Waals surface area contributed by atoms with Crippen LogP contribution in [0.5, 0.6) is 0 Å². The van der Waals surface area contributed by atoms with E-state index in [0.717, 1.165) is 0 Å². The summed E-state index contributed by atoms with van der Waals surface area (Å²) in [7, 11) is 0. The van der Waals surface area contributed by atoms with Gasteiger partial charge in [-0.2, -0.15) is 0 Å². The molecule has 0 bridgehead atoms. The normalized spacial score (nSPS) is 15.1. The van der Waals surface area contributed by atoms with Crippen LogP contribution in [0.3, 0.4) is 0 Å². The number of aromatic amines is 1. The number of nitrogens with two attached hydrogens (primary N) is 1. The molecule has 18 nitrogen and oxygen atoms in total. The zero-order chi connectivity index (χ0) is 36.0. The SMILES string of the molecule is CC(C)[C@H](N)C(=O)N[C@@H](Cc1cnc[nH]1)C(=O)N[C@H](C(=O)N[C@@H](CCC(=O)O)C(=O)N[C@H](C(=O)N[C@@H](CO)C(=O)O)C(C)C)C(C)C. The molecule has 0 spiro atoms. The molecule has 1 aromatic heterocycles. The summed E-state index contributed by atoms with van der Waals surface area (Å²) in [5.41, 5.74) is 6.47. The zero-order valence-electron chi connectivity index (χ0n) is 27.4. The van der Waals surface area contributed by atoms with Gasteiger partial charge in [0, 0.05) is 24.7 Å². The van der Waals surface area contributed by atoms with Crippen LogP contribution in [0.1, 0.15) is 60.1 Å². The highest BCUT2D eigenvalue weighted by Gasteiger charge is 2.35. The van der Waals surface area contributed by atoms with Crippen LogP contribution in [-0.2, 0) is 40.0 Å². The molecule has 0 saturated carbocycles. The summed E-state index contributed by atoms with van der Waals surface area (Å²) >= 11 is 0. The molecule has 47 heavy (non-hydrogen) atoms. The summed E-state index contributed by atoms with van der Waals surface area (Å²) in [5.74, 6) is -8.18. The minimum Gasteiger partial charge on any atom is -0.481 e. The van der Waals surface area contributed by atoms with Crippen molar-refractivity contribution >= 4 is 41.5 Å². The number of aliphatic hydroxyl groups is 1. The second-order valence-corrected chi connectivity index (χ2v) is 12.1. The molecule has 264 valence electrons. The largest absolute Gasteiger partial charge is 0.481 e. The van der Waals surface area contributed by atoms with Crippen LogP contribution < -0.4 is 32.3 Å². The Morgan fingerprint density at radius 1 is 0.723 bits per heavy atom. The van der Waals surface area contributed by atoms with E-state index in [1.54, 1.807) is 41.5 Å². The molecular weight excluding hydrogens is 620 g/mol. The molecule has 0 fully saturated rings. The maximum atomic E-state index is 13.5. The zero-order valence-corrected chi connectivity index (χ0v) is 27.4. The Bertz CT molecular complexity index is 1240. The van der Waals surface area contributed by atoms with Crippen LogP contribution >= 0.6 is 0 Å². The van der Waals surface area contributed by atoms with Crippen LogP contribution in [0.2, 0.25) is 0 Å². The maximum absolute atomic E-state index is 13.5. The van der Waals surface area contributed by atoms with Gasteiger partial charge in [-0.05, 0) is 24.2 Å². The first-order valence-corrected chi connectivity index (χ1v) is 15.2. The highest BCUT2D eigenvalue weighted by Crippen LogP contribution is 2.10. The van der Waals surface area contributed by atoms with E-state index < -0.39 is 109 Å². The van der Waals surface area contributed by atoms with Gasteiger partial charge in [-0.25, -0.2) is 9.78 Å². The molecule has 0 aliphatic carbocycles. The smallest absolute Gasteiger partial charge is 0.328 e. The summed E-state index contributed by atoms with van der Waals surface area (Å²) in [6, 6.07) is -7.78. The van der Waals surface area contributed by atoms with Crippen LogP contribution in [0, 0.1) is 17.8 Å². The number of aliphatic hydroxyl groups excluding tert-OH is 1. The number of nitrogens with one attached hydrogen (secondary N) is 6. The van der Waals surface area contributed by atoms with Gasteiger partial charge >= 0.3 is 11.9 Å². The number of carboxylic acids is 2. The van der Waals surface area contributed by atoms with Crippen LogP contribution in [0.15, 0.2) is 12.5 Å². The number of carbonyl (C=O) groups is 7. The number of aromatic nitrogens is 2. The molecule has 0 unspecified atom stereocenters. The predicted octanol–water partition coefficient (Wildman–Crippen LogP) is -2.39. The third kappa shape index (κ3) is 13.4. The number of carbonyl (C=O) groups excluding carboxylic acids is 5. The van der Waals surface area contributed by atoms with Crippen molar-refractivity contribution in [3.63, 3.8) is 0 Å². The van der Waals surface area contributed by atoms with Crippen molar-refractivity contribution in [2.75, 3.05) is 6.61 Å². The van der Waals surface area contributed by atoms with Crippen LogP contribution in [0.4, 0.5) is 0 Å². The molecule has 0 aliphatic rings. The molecule has 0 saturated heterocycles. The molecule has 1 rings (SSSR count). The minimum absolute atomic E-state index is 0.0177. The first-order chi connectivity index (χ1) is 21.9. The third-order valence-electron chi connectivity index (χ3n) is 7.20. The molecule has 1 aromatic rings. The third-order valence-corrected chi connectivity index (χ3v) is 7.20. The summed E-state index contributed by atoms with van der Waals surface area (Å²) < 4.78 is 0. The Balaban J connectivity index is 3.22. The number of aliphatic carboxylic acids is 2. The summed E-state index contributed by atoms with van der Waals surface area (Å²) in [5, 5.41) is 39.8. The van der Waals surface area contributed by atoms with Gasteiger partial charge in [0.2, 0.25) is 29.5 Å². The lowest BCUT2D eigenvalue weighted by molar-refractivity contribution is -0.143. The lowest BCUT2D eigenvalue weighted by atomic mass is 9.99. The Morgan fingerprint density at radius 2 is 1.21 bits per heavy atom. The molecule has 0 radical (unpaired) electrons. The molecule has 0 aromatic carbocycles. The van der Waals surface area contributed by atoms with Crippen molar-refractivity contribution in [1.29, 1.82) is 0 Å². The van der Waals surface area contributed by atoms with E-state index in [-0.39, 0.29) is 12.3 Å². The van der Waals surface area contributed by atoms with Gasteiger partial charge in [0.05, 0.1) is 19.0 Å². The van der Waals surface area contributed by atoms with Gasteiger partial charge in [-0.3, -0.25) is 28.8 Å². The standard InChI is InChI=1S/C29H48N8O10/c1-13(2)21(30)26(43)34-18(9-16-10-31-12-32-16)25(42)37-22(14(3)4)27(44)33-17(7-8-20(39)40)24(41)36-23(15(5)6)28(45)35-19(11-38)29(46)47/h10,12-15,17-19,21-23,38H,7-9,11,30H2,1-6H3,(H,31,32)(H,33,44)(H,34,43)(H,35,45)(H,36,41)(H,37,42)(H,39,40)(H,46,47)/t17-,18-,19-,21-,22-,23-/m0/s1. The van der Waals surface area contributed by atoms with E-state index >= 15 is 0 Å². The first kappa shape index (κ1) is 40.4. The topological polar surface area (TPSA) is 295 Å². The van der Waals surface area contributed by atoms with Crippen molar-refractivity contribution < 1.29 is 48.9 Å². The van der Waals surface area contributed by atoms with E-state index in [4.69, 9.17) is 10.8 Å². The summed E-state index contributed by atoms with van der Waals surface area (Å²) in [6.45, 7) is 8.92. The molecule has 1 heterocycles. The Hall–Kier alpha value is -4.58. The minimum atomic E-state index is -1.64. The maximum Gasteiger partial charge on any atom is 0.328 e. The van der Waals surface area contributed by atoms with Crippen molar-refractivity contribution in [2.24, 2.45) is 23.5 Å². The van der Waals surface area contributed by atoms with Crippen molar-refractivity contribution in [1.82, 2.24) is 36.6 Å². The van der Waals surface area contributed by atoms with Gasteiger partial charge in [-0.1, -0.05) is 41.5 Å². The number of nitrogens with zero attached hydrogens (tertiary/aromatic N) is 1. The van der Waals surface area contributed by atoms with Crippen LogP contribution in [-0.4, -0.2) is 110 Å². The lowest BCUT2D eigenvalue weighted by Gasteiger charge is -2.29. The fraction of sp³-hybridized carbons (Fsp3) is 0.655. The second kappa shape index (κ2) is 19.2. The van der Waals surface area contributed by atoms with E-state index in [2.05, 4.69) is 36.6 Å².